The number of aryl methyl sites for hydroxylation is 1. The highest BCUT2D eigenvalue weighted by Gasteiger charge is 2.34. The van der Waals surface area contributed by atoms with Gasteiger partial charge in [-0.15, -0.1) is 0 Å². The van der Waals surface area contributed by atoms with Gasteiger partial charge in [0.1, 0.15) is 5.75 Å². The van der Waals surface area contributed by atoms with Crippen LogP contribution in [0.1, 0.15) is 43.9 Å². The summed E-state index contributed by atoms with van der Waals surface area (Å²) >= 11 is 3.65. The quantitative estimate of drug-likeness (QED) is 0.827. The Morgan fingerprint density at radius 2 is 2.24 bits per heavy atom. The van der Waals surface area contributed by atoms with E-state index in [1.807, 2.05) is 0 Å². The molecule has 0 bridgehead atoms. The molecule has 1 saturated heterocycles. The first kappa shape index (κ1) is 16.8. The van der Waals surface area contributed by atoms with Gasteiger partial charge in [0, 0.05) is 16.6 Å². The number of ether oxygens (including phenoxy) is 2. The summed E-state index contributed by atoms with van der Waals surface area (Å²) in [7, 11) is 1.74. The van der Waals surface area contributed by atoms with Crippen molar-refractivity contribution in [2.75, 3.05) is 20.3 Å². The maximum atomic E-state index is 6.02. The second kappa shape index (κ2) is 7.61. The summed E-state index contributed by atoms with van der Waals surface area (Å²) in [4.78, 5) is 0. The molecule has 0 aliphatic carbocycles. The fraction of sp³-hybridized carbons (Fsp3) is 0.647. The summed E-state index contributed by atoms with van der Waals surface area (Å²) in [6, 6.07) is 4.45. The van der Waals surface area contributed by atoms with Gasteiger partial charge in [-0.05, 0) is 49.9 Å². The number of rotatable bonds is 6. The van der Waals surface area contributed by atoms with Crippen molar-refractivity contribution in [1.29, 1.82) is 0 Å². The van der Waals surface area contributed by atoms with Crippen LogP contribution in [-0.2, 0) is 4.74 Å². The minimum atomic E-state index is 0.175. The fourth-order valence-corrected chi connectivity index (χ4v) is 3.30. The van der Waals surface area contributed by atoms with Gasteiger partial charge in [-0.2, -0.15) is 0 Å². The van der Waals surface area contributed by atoms with Crippen molar-refractivity contribution in [3.05, 3.63) is 27.7 Å². The summed E-state index contributed by atoms with van der Waals surface area (Å²) in [5.74, 6) is 1.50. The van der Waals surface area contributed by atoms with E-state index in [2.05, 4.69) is 54.2 Å². The molecule has 1 aliphatic heterocycles. The van der Waals surface area contributed by atoms with Gasteiger partial charge in [0.05, 0.1) is 19.3 Å². The van der Waals surface area contributed by atoms with Crippen molar-refractivity contribution in [1.82, 2.24) is 5.32 Å². The van der Waals surface area contributed by atoms with Gasteiger partial charge in [0.25, 0.3) is 0 Å². The van der Waals surface area contributed by atoms with Crippen LogP contribution in [0.4, 0.5) is 0 Å². The van der Waals surface area contributed by atoms with Gasteiger partial charge in [-0.3, -0.25) is 0 Å². The molecule has 0 amide bonds. The first-order chi connectivity index (χ1) is 10.1. The number of nitrogens with one attached hydrogen (secondary N) is 1. The third-order valence-corrected chi connectivity index (χ3v) is 5.09. The zero-order chi connectivity index (χ0) is 15.4. The predicted molar refractivity (Wildman–Crippen MR) is 90.0 cm³/mol. The smallest absolute Gasteiger partial charge is 0.124 e. The Hall–Kier alpha value is -0.580. The number of benzene rings is 1. The Morgan fingerprint density at radius 3 is 2.81 bits per heavy atom. The highest BCUT2D eigenvalue weighted by molar-refractivity contribution is 9.10. The van der Waals surface area contributed by atoms with Crippen LogP contribution in [0.15, 0.2) is 16.6 Å². The van der Waals surface area contributed by atoms with Crippen LogP contribution < -0.4 is 10.1 Å². The molecule has 2 rings (SSSR count). The van der Waals surface area contributed by atoms with Crippen molar-refractivity contribution in [2.24, 2.45) is 5.92 Å². The van der Waals surface area contributed by atoms with Gasteiger partial charge in [-0.25, -0.2) is 0 Å². The SMILES string of the molecule is CCCNC(c1cc(Br)c(C)cc1OC)C1OCCC1C. The Bertz CT molecular complexity index is 478. The Morgan fingerprint density at radius 1 is 1.48 bits per heavy atom. The van der Waals surface area contributed by atoms with Crippen molar-refractivity contribution in [2.45, 2.75) is 45.8 Å². The molecule has 3 unspecified atom stereocenters. The monoisotopic (exact) mass is 355 g/mol. The minimum absolute atomic E-state index is 0.175. The lowest BCUT2D eigenvalue weighted by atomic mass is 9.91. The summed E-state index contributed by atoms with van der Waals surface area (Å²) in [6.07, 6.45) is 2.44. The average molecular weight is 356 g/mol. The molecule has 1 aromatic rings. The van der Waals surface area contributed by atoms with Gasteiger partial charge < -0.3 is 14.8 Å². The van der Waals surface area contributed by atoms with Crippen LogP contribution in [0.3, 0.4) is 0 Å². The fourth-order valence-electron chi connectivity index (χ4n) is 2.94. The van der Waals surface area contributed by atoms with E-state index in [0.29, 0.717) is 5.92 Å². The molecule has 1 fully saturated rings. The zero-order valence-electron chi connectivity index (χ0n) is 13.4. The van der Waals surface area contributed by atoms with Crippen LogP contribution in [0.2, 0.25) is 0 Å². The molecule has 118 valence electrons. The highest BCUT2D eigenvalue weighted by Crippen LogP contribution is 2.38. The standard InChI is InChI=1S/C17H26BrNO2/c1-5-7-19-16(17-11(2)6-8-21-17)13-10-14(18)12(3)9-15(13)20-4/h9-11,16-17,19H,5-8H2,1-4H3. The van der Waals surface area contributed by atoms with E-state index < -0.39 is 0 Å². The Balaban J connectivity index is 2.37. The molecule has 1 N–H and O–H groups in total. The predicted octanol–water partition coefficient (Wildman–Crippen LogP) is 4.23. The van der Waals surface area contributed by atoms with Crippen LogP contribution >= 0.6 is 15.9 Å². The summed E-state index contributed by atoms with van der Waals surface area (Å²) < 4.78 is 12.8. The topological polar surface area (TPSA) is 30.5 Å². The summed E-state index contributed by atoms with van der Waals surface area (Å²) in [5.41, 5.74) is 2.37. The molecular formula is C17H26BrNO2. The first-order valence-electron chi connectivity index (χ1n) is 7.77. The molecule has 0 spiro atoms. The van der Waals surface area contributed by atoms with E-state index in [9.17, 15) is 0 Å². The maximum Gasteiger partial charge on any atom is 0.124 e. The minimum Gasteiger partial charge on any atom is -0.496 e. The molecule has 4 heteroatoms. The van der Waals surface area contributed by atoms with Crippen LogP contribution in [-0.4, -0.2) is 26.4 Å². The third-order valence-electron chi connectivity index (χ3n) is 4.23. The van der Waals surface area contributed by atoms with E-state index in [1.165, 1.54) is 11.1 Å². The van der Waals surface area contributed by atoms with Crippen molar-refractivity contribution in [3.63, 3.8) is 0 Å². The first-order valence-corrected chi connectivity index (χ1v) is 8.56. The summed E-state index contributed by atoms with van der Waals surface area (Å²) in [5, 5.41) is 3.65. The third kappa shape index (κ3) is 3.79. The molecule has 1 aromatic carbocycles. The van der Waals surface area contributed by atoms with Crippen LogP contribution in [0.25, 0.3) is 0 Å². The highest BCUT2D eigenvalue weighted by atomic mass is 79.9. The lowest BCUT2D eigenvalue weighted by Crippen LogP contribution is -2.35. The molecule has 0 radical (unpaired) electrons. The van der Waals surface area contributed by atoms with Gasteiger partial charge in [-0.1, -0.05) is 29.8 Å². The molecule has 1 heterocycles. The number of methoxy groups -OCH3 is 1. The molecule has 3 nitrogen and oxygen atoms in total. The van der Waals surface area contributed by atoms with E-state index in [1.54, 1.807) is 7.11 Å². The average Bonchev–Trinajstić information content (AvgIpc) is 2.89. The van der Waals surface area contributed by atoms with E-state index >= 15 is 0 Å². The Kier molecular flexibility index (Phi) is 6.08. The molecule has 3 atom stereocenters. The molecule has 0 saturated carbocycles. The zero-order valence-corrected chi connectivity index (χ0v) is 15.0. The van der Waals surface area contributed by atoms with E-state index in [0.717, 1.165) is 36.2 Å². The largest absolute Gasteiger partial charge is 0.496 e. The van der Waals surface area contributed by atoms with Crippen molar-refractivity contribution in [3.8, 4) is 5.75 Å². The second-order valence-corrected chi connectivity index (χ2v) is 6.73. The van der Waals surface area contributed by atoms with Gasteiger partial charge in [0.15, 0.2) is 0 Å². The molecule has 21 heavy (non-hydrogen) atoms. The van der Waals surface area contributed by atoms with Crippen molar-refractivity contribution < 1.29 is 9.47 Å². The van der Waals surface area contributed by atoms with E-state index in [4.69, 9.17) is 9.47 Å². The molecule has 0 aromatic heterocycles. The lowest BCUT2D eigenvalue weighted by Gasteiger charge is -2.29. The van der Waals surface area contributed by atoms with Crippen LogP contribution in [0, 0.1) is 12.8 Å². The lowest BCUT2D eigenvalue weighted by molar-refractivity contribution is 0.0599. The Labute approximate surface area is 136 Å². The maximum absolute atomic E-state index is 6.02. The van der Waals surface area contributed by atoms with Gasteiger partial charge >= 0.3 is 0 Å². The molecular weight excluding hydrogens is 330 g/mol. The summed E-state index contributed by atoms with van der Waals surface area (Å²) in [6.45, 7) is 8.37. The number of hydrogen-bond donors (Lipinski definition) is 1. The van der Waals surface area contributed by atoms with E-state index in [-0.39, 0.29) is 12.1 Å². The normalized spacial score (nSPS) is 23.3. The van der Waals surface area contributed by atoms with Crippen molar-refractivity contribution >= 4 is 15.9 Å². The van der Waals surface area contributed by atoms with Crippen LogP contribution in [0.5, 0.6) is 5.75 Å². The van der Waals surface area contributed by atoms with Gasteiger partial charge in [0.2, 0.25) is 0 Å². The molecule has 1 aliphatic rings. The number of halogens is 1. The second-order valence-electron chi connectivity index (χ2n) is 5.88. The number of hydrogen-bond acceptors (Lipinski definition) is 3.